The Labute approximate surface area is 94.8 Å². The van der Waals surface area contributed by atoms with Crippen molar-refractivity contribution in [2.75, 3.05) is 18.1 Å². The van der Waals surface area contributed by atoms with E-state index in [-0.39, 0.29) is 0 Å². The van der Waals surface area contributed by atoms with Gasteiger partial charge in [0, 0.05) is 0 Å². The first-order valence-electron chi connectivity index (χ1n) is 4.79. The van der Waals surface area contributed by atoms with E-state index < -0.39 is 0 Å². The topological polar surface area (TPSA) is 9.23 Å². The van der Waals surface area contributed by atoms with Gasteiger partial charge in [0.2, 0.25) is 0 Å². The maximum absolute atomic E-state index is 5.93. The molecule has 1 nitrogen and oxygen atoms in total. The highest BCUT2D eigenvalue weighted by Gasteiger charge is 1.98. The number of hydrogen-bond donors (Lipinski definition) is 0. The molecular weight excluding hydrogens is 216 g/mol. The quantitative estimate of drug-likeness (QED) is 0.687. The maximum Gasteiger partial charge on any atom is 0.137 e. The van der Waals surface area contributed by atoms with Crippen molar-refractivity contribution in [3.63, 3.8) is 0 Å². The fraction of sp³-hybridized carbons (Fsp3) is 0.455. The number of rotatable bonds is 6. The van der Waals surface area contributed by atoms with Gasteiger partial charge in [0.25, 0.3) is 0 Å². The fourth-order valence-corrected chi connectivity index (χ4v) is 1.85. The monoisotopic (exact) mass is 230 g/mol. The lowest BCUT2D eigenvalue weighted by Gasteiger charge is -2.06. The molecule has 3 heteroatoms. The normalized spacial score (nSPS) is 10.1. The summed E-state index contributed by atoms with van der Waals surface area (Å²) in [6.45, 7) is 2.91. The molecule has 1 aromatic rings. The standard InChI is InChI=1S/C11H15ClOS/c1-2-14-9-5-8-13-11-7-4-3-6-10(11)12/h3-4,6-7H,2,5,8-9H2,1H3. The van der Waals surface area contributed by atoms with Crippen molar-refractivity contribution in [3.8, 4) is 5.75 Å². The van der Waals surface area contributed by atoms with Crippen molar-refractivity contribution >= 4 is 23.4 Å². The average molecular weight is 231 g/mol. The lowest BCUT2D eigenvalue weighted by Crippen LogP contribution is -1.99. The van der Waals surface area contributed by atoms with Gasteiger partial charge in [-0.15, -0.1) is 0 Å². The first-order chi connectivity index (χ1) is 6.84. The van der Waals surface area contributed by atoms with E-state index >= 15 is 0 Å². The minimum Gasteiger partial charge on any atom is -0.492 e. The number of hydrogen-bond acceptors (Lipinski definition) is 2. The Morgan fingerprint density at radius 1 is 1.36 bits per heavy atom. The summed E-state index contributed by atoms with van der Waals surface area (Å²) in [6, 6.07) is 7.58. The van der Waals surface area contributed by atoms with Crippen LogP contribution in [0.3, 0.4) is 0 Å². The summed E-state index contributed by atoms with van der Waals surface area (Å²) in [4.78, 5) is 0. The Morgan fingerprint density at radius 3 is 2.86 bits per heavy atom. The number of ether oxygens (including phenoxy) is 1. The van der Waals surface area contributed by atoms with Crippen molar-refractivity contribution in [2.24, 2.45) is 0 Å². The molecular formula is C11H15ClOS. The van der Waals surface area contributed by atoms with Crippen LogP contribution in [0.4, 0.5) is 0 Å². The molecule has 0 heterocycles. The van der Waals surface area contributed by atoms with Crippen LogP contribution >= 0.6 is 23.4 Å². The molecule has 0 radical (unpaired) electrons. The van der Waals surface area contributed by atoms with E-state index in [0.29, 0.717) is 5.02 Å². The van der Waals surface area contributed by atoms with Gasteiger partial charge in [0.1, 0.15) is 5.75 Å². The van der Waals surface area contributed by atoms with Gasteiger partial charge in [0.15, 0.2) is 0 Å². The van der Waals surface area contributed by atoms with Crippen molar-refractivity contribution in [1.82, 2.24) is 0 Å². The van der Waals surface area contributed by atoms with Gasteiger partial charge in [0.05, 0.1) is 11.6 Å². The minimum absolute atomic E-state index is 0.690. The first kappa shape index (κ1) is 11.7. The Kier molecular flexibility index (Phi) is 5.88. The van der Waals surface area contributed by atoms with E-state index in [1.807, 2.05) is 36.0 Å². The SMILES string of the molecule is CCSCCCOc1ccccc1Cl. The van der Waals surface area contributed by atoms with Crippen LogP contribution in [0.25, 0.3) is 0 Å². The molecule has 0 fully saturated rings. The van der Waals surface area contributed by atoms with Gasteiger partial charge in [-0.2, -0.15) is 11.8 Å². The van der Waals surface area contributed by atoms with E-state index in [4.69, 9.17) is 16.3 Å². The molecule has 0 N–H and O–H groups in total. The summed E-state index contributed by atoms with van der Waals surface area (Å²) in [5.74, 6) is 3.11. The van der Waals surface area contributed by atoms with Gasteiger partial charge >= 0.3 is 0 Å². The zero-order chi connectivity index (χ0) is 10.2. The average Bonchev–Trinajstić information content (AvgIpc) is 2.20. The van der Waals surface area contributed by atoms with E-state index in [1.165, 1.54) is 5.75 Å². The highest BCUT2D eigenvalue weighted by atomic mass is 35.5. The smallest absolute Gasteiger partial charge is 0.137 e. The molecule has 1 aromatic carbocycles. The van der Waals surface area contributed by atoms with Crippen molar-refractivity contribution in [3.05, 3.63) is 29.3 Å². The van der Waals surface area contributed by atoms with E-state index in [2.05, 4.69) is 6.92 Å². The third-order valence-electron chi connectivity index (χ3n) is 1.73. The molecule has 0 aliphatic heterocycles. The molecule has 0 saturated heterocycles. The summed E-state index contributed by atoms with van der Waals surface area (Å²) in [6.07, 6.45) is 1.07. The number of para-hydroxylation sites is 1. The molecule has 0 spiro atoms. The molecule has 0 aliphatic rings. The van der Waals surface area contributed by atoms with Crippen LogP contribution in [0.2, 0.25) is 5.02 Å². The second kappa shape index (κ2) is 7.02. The Balaban J connectivity index is 2.21. The summed E-state index contributed by atoms with van der Waals surface area (Å²) >= 11 is 7.87. The Bertz CT molecular complexity index is 265. The van der Waals surface area contributed by atoms with Crippen LogP contribution < -0.4 is 4.74 Å². The summed E-state index contributed by atoms with van der Waals surface area (Å²) in [5, 5.41) is 0.690. The Hall–Kier alpha value is -0.340. The third-order valence-corrected chi connectivity index (χ3v) is 3.03. The van der Waals surface area contributed by atoms with Crippen LogP contribution in [0, 0.1) is 0 Å². The second-order valence-corrected chi connectivity index (χ2v) is 4.63. The van der Waals surface area contributed by atoms with Crippen LogP contribution in [-0.4, -0.2) is 18.1 Å². The lowest BCUT2D eigenvalue weighted by molar-refractivity contribution is 0.319. The predicted molar refractivity (Wildman–Crippen MR) is 64.6 cm³/mol. The molecule has 0 bridgehead atoms. The van der Waals surface area contributed by atoms with Gasteiger partial charge < -0.3 is 4.74 Å². The third kappa shape index (κ3) is 4.25. The number of benzene rings is 1. The van der Waals surface area contributed by atoms with Crippen molar-refractivity contribution in [1.29, 1.82) is 0 Å². The van der Waals surface area contributed by atoms with Gasteiger partial charge in [-0.25, -0.2) is 0 Å². The van der Waals surface area contributed by atoms with Gasteiger partial charge in [-0.05, 0) is 30.1 Å². The highest BCUT2D eigenvalue weighted by molar-refractivity contribution is 7.99. The van der Waals surface area contributed by atoms with Crippen LogP contribution in [0.1, 0.15) is 13.3 Å². The Morgan fingerprint density at radius 2 is 2.14 bits per heavy atom. The molecule has 0 saturated carbocycles. The largest absolute Gasteiger partial charge is 0.492 e. The van der Waals surface area contributed by atoms with Crippen LogP contribution in [0.5, 0.6) is 5.75 Å². The summed E-state index contributed by atoms with van der Waals surface area (Å²) < 4.78 is 5.54. The molecule has 0 aliphatic carbocycles. The van der Waals surface area contributed by atoms with E-state index in [0.717, 1.165) is 24.5 Å². The van der Waals surface area contributed by atoms with Gasteiger partial charge in [-0.3, -0.25) is 0 Å². The molecule has 0 unspecified atom stereocenters. The number of thioether (sulfide) groups is 1. The van der Waals surface area contributed by atoms with E-state index in [9.17, 15) is 0 Å². The van der Waals surface area contributed by atoms with Gasteiger partial charge in [-0.1, -0.05) is 30.7 Å². The molecule has 0 amide bonds. The second-order valence-electron chi connectivity index (χ2n) is 2.83. The summed E-state index contributed by atoms with van der Waals surface area (Å²) in [7, 11) is 0. The van der Waals surface area contributed by atoms with Crippen molar-refractivity contribution < 1.29 is 4.74 Å². The predicted octanol–water partition coefficient (Wildman–Crippen LogP) is 3.86. The summed E-state index contributed by atoms with van der Waals surface area (Å²) in [5.41, 5.74) is 0. The maximum atomic E-state index is 5.93. The van der Waals surface area contributed by atoms with Crippen LogP contribution in [0.15, 0.2) is 24.3 Å². The zero-order valence-corrected chi connectivity index (χ0v) is 9.90. The highest BCUT2D eigenvalue weighted by Crippen LogP contribution is 2.23. The zero-order valence-electron chi connectivity index (χ0n) is 8.33. The van der Waals surface area contributed by atoms with E-state index in [1.54, 1.807) is 0 Å². The number of halogens is 1. The molecule has 78 valence electrons. The van der Waals surface area contributed by atoms with Crippen molar-refractivity contribution in [2.45, 2.75) is 13.3 Å². The van der Waals surface area contributed by atoms with Crippen LogP contribution in [-0.2, 0) is 0 Å². The fourth-order valence-electron chi connectivity index (χ4n) is 1.05. The lowest BCUT2D eigenvalue weighted by atomic mass is 10.3. The molecule has 14 heavy (non-hydrogen) atoms. The molecule has 1 rings (SSSR count). The molecule has 0 aromatic heterocycles. The first-order valence-corrected chi connectivity index (χ1v) is 6.33. The minimum atomic E-state index is 0.690. The molecule has 0 atom stereocenters.